The van der Waals surface area contributed by atoms with E-state index in [1.807, 2.05) is 24.3 Å². The molecule has 3 heteroatoms. The number of rotatable bonds is 6. The van der Waals surface area contributed by atoms with Crippen LogP contribution in [-0.2, 0) is 5.33 Å². The normalized spacial score (nSPS) is 18.4. The predicted molar refractivity (Wildman–Crippen MR) is 80.4 cm³/mol. The number of halogens is 1. The standard InChI is InChI=1S/C16H20BrNO/c17-9-12-5-7-15(8-6-12)16(19)18(10-13-1-2-13)11-14-3-4-14/h5-8,13-14H,1-4,9-11H2. The van der Waals surface area contributed by atoms with Gasteiger partial charge in [-0.1, -0.05) is 28.1 Å². The van der Waals surface area contributed by atoms with Crippen molar-refractivity contribution < 1.29 is 4.79 Å². The Morgan fingerprint density at radius 3 is 2.00 bits per heavy atom. The Kier molecular flexibility index (Phi) is 3.92. The lowest BCUT2D eigenvalue weighted by Crippen LogP contribution is -2.34. The molecule has 0 N–H and O–H groups in total. The lowest BCUT2D eigenvalue weighted by Gasteiger charge is -2.22. The molecule has 0 radical (unpaired) electrons. The van der Waals surface area contributed by atoms with Crippen LogP contribution in [0.2, 0.25) is 0 Å². The molecule has 2 aliphatic carbocycles. The molecule has 1 aromatic rings. The molecule has 0 aliphatic heterocycles. The van der Waals surface area contributed by atoms with Crippen molar-refractivity contribution in [2.45, 2.75) is 31.0 Å². The van der Waals surface area contributed by atoms with Gasteiger partial charge in [0.2, 0.25) is 0 Å². The monoisotopic (exact) mass is 321 g/mol. The molecule has 1 aromatic carbocycles. The minimum Gasteiger partial charge on any atom is -0.338 e. The summed E-state index contributed by atoms with van der Waals surface area (Å²) < 4.78 is 0. The number of hydrogen-bond donors (Lipinski definition) is 0. The number of amides is 1. The quantitative estimate of drug-likeness (QED) is 0.729. The van der Waals surface area contributed by atoms with E-state index in [2.05, 4.69) is 20.8 Å². The molecule has 0 aromatic heterocycles. The second-order valence-corrected chi connectivity index (χ2v) is 6.49. The van der Waals surface area contributed by atoms with Crippen molar-refractivity contribution in [2.24, 2.45) is 11.8 Å². The van der Waals surface area contributed by atoms with Crippen molar-refractivity contribution in [1.29, 1.82) is 0 Å². The smallest absolute Gasteiger partial charge is 0.253 e. The number of benzene rings is 1. The molecular weight excluding hydrogens is 302 g/mol. The summed E-state index contributed by atoms with van der Waals surface area (Å²) >= 11 is 3.43. The molecule has 0 spiro atoms. The third-order valence-corrected chi connectivity index (χ3v) is 4.64. The van der Waals surface area contributed by atoms with Crippen LogP contribution in [-0.4, -0.2) is 23.9 Å². The number of carbonyl (C=O) groups is 1. The summed E-state index contributed by atoms with van der Waals surface area (Å²) in [6.45, 7) is 1.94. The van der Waals surface area contributed by atoms with E-state index in [1.165, 1.54) is 31.2 Å². The number of nitrogens with zero attached hydrogens (tertiary/aromatic N) is 1. The fourth-order valence-electron chi connectivity index (χ4n) is 2.38. The molecule has 19 heavy (non-hydrogen) atoms. The van der Waals surface area contributed by atoms with E-state index >= 15 is 0 Å². The van der Waals surface area contributed by atoms with Crippen molar-refractivity contribution in [1.82, 2.24) is 4.90 Å². The van der Waals surface area contributed by atoms with Gasteiger partial charge < -0.3 is 4.90 Å². The molecule has 0 saturated heterocycles. The molecule has 0 bridgehead atoms. The molecule has 2 fully saturated rings. The molecular formula is C16H20BrNO. The molecule has 102 valence electrons. The van der Waals surface area contributed by atoms with Crippen LogP contribution in [0.3, 0.4) is 0 Å². The van der Waals surface area contributed by atoms with Crippen molar-refractivity contribution in [3.63, 3.8) is 0 Å². The zero-order valence-corrected chi connectivity index (χ0v) is 12.7. The first kappa shape index (κ1) is 13.2. The second-order valence-electron chi connectivity index (χ2n) is 5.93. The van der Waals surface area contributed by atoms with Gasteiger partial charge in [0.15, 0.2) is 0 Å². The summed E-state index contributed by atoms with van der Waals surface area (Å²) in [5.41, 5.74) is 2.05. The van der Waals surface area contributed by atoms with Crippen LogP contribution in [0.5, 0.6) is 0 Å². The maximum atomic E-state index is 12.6. The highest BCUT2D eigenvalue weighted by Gasteiger charge is 2.31. The zero-order chi connectivity index (χ0) is 13.2. The average Bonchev–Trinajstić information content (AvgIpc) is 3.32. The van der Waals surface area contributed by atoms with Crippen LogP contribution < -0.4 is 0 Å². The highest BCUT2D eigenvalue weighted by Crippen LogP contribution is 2.34. The lowest BCUT2D eigenvalue weighted by atomic mass is 10.1. The van der Waals surface area contributed by atoms with Crippen molar-refractivity contribution in [2.75, 3.05) is 13.1 Å². The first-order valence-electron chi connectivity index (χ1n) is 7.20. The minimum absolute atomic E-state index is 0.222. The van der Waals surface area contributed by atoms with E-state index < -0.39 is 0 Å². The summed E-state index contributed by atoms with van der Waals surface area (Å²) in [7, 11) is 0. The Hall–Kier alpha value is -0.830. The average molecular weight is 322 g/mol. The van der Waals surface area contributed by atoms with Crippen LogP contribution in [0, 0.1) is 11.8 Å². The first-order chi connectivity index (χ1) is 9.26. The number of hydrogen-bond acceptors (Lipinski definition) is 1. The predicted octanol–water partition coefficient (Wildman–Crippen LogP) is 3.84. The third-order valence-electron chi connectivity index (χ3n) is 3.99. The summed E-state index contributed by atoms with van der Waals surface area (Å²) in [4.78, 5) is 14.7. The molecule has 1 amide bonds. The minimum atomic E-state index is 0.222. The molecule has 0 unspecified atom stereocenters. The van der Waals surface area contributed by atoms with Crippen LogP contribution >= 0.6 is 15.9 Å². The number of carbonyl (C=O) groups excluding carboxylic acids is 1. The van der Waals surface area contributed by atoms with Crippen LogP contribution in [0.1, 0.15) is 41.6 Å². The van der Waals surface area contributed by atoms with Gasteiger partial charge in [0.1, 0.15) is 0 Å². The van der Waals surface area contributed by atoms with E-state index in [9.17, 15) is 4.79 Å². The number of alkyl halides is 1. The fourth-order valence-corrected chi connectivity index (χ4v) is 2.76. The van der Waals surface area contributed by atoms with Crippen LogP contribution in [0.15, 0.2) is 24.3 Å². The molecule has 3 rings (SSSR count). The summed E-state index contributed by atoms with van der Waals surface area (Å²) in [5, 5.41) is 0.843. The van der Waals surface area contributed by atoms with Gasteiger partial charge >= 0.3 is 0 Å². The van der Waals surface area contributed by atoms with Gasteiger partial charge in [-0.2, -0.15) is 0 Å². The topological polar surface area (TPSA) is 20.3 Å². The highest BCUT2D eigenvalue weighted by atomic mass is 79.9. The van der Waals surface area contributed by atoms with Gasteiger partial charge in [0.25, 0.3) is 5.91 Å². The van der Waals surface area contributed by atoms with E-state index in [4.69, 9.17) is 0 Å². The van der Waals surface area contributed by atoms with Crippen LogP contribution in [0.4, 0.5) is 0 Å². The van der Waals surface area contributed by atoms with E-state index in [-0.39, 0.29) is 5.91 Å². The first-order valence-corrected chi connectivity index (χ1v) is 8.32. The fraction of sp³-hybridized carbons (Fsp3) is 0.562. The third kappa shape index (κ3) is 3.59. The largest absolute Gasteiger partial charge is 0.338 e. The molecule has 0 atom stereocenters. The lowest BCUT2D eigenvalue weighted by molar-refractivity contribution is 0.0739. The Bertz CT molecular complexity index is 434. The molecule has 2 saturated carbocycles. The van der Waals surface area contributed by atoms with Gasteiger partial charge in [0, 0.05) is 24.0 Å². The Labute approximate surface area is 123 Å². The molecule has 0 heterocycles. The summed E-state index contributed by atoms with van der Waals surface area (Å²) in [6.07, 6.45) is 5.21. The highest BCUT2D eigenvalue weighted by molar-refractivity contribution is 9.08. The Morgan fingerprint density at radius 1 is 1.05 bits per heavy atom. The molecule has 2 nitrogen and oxygen atoms in total. The van der Waals surface area contributed by atoms with E-state index in [0.29, 0.717) is 0 Å². The molecule has 2 aliphatic rings. The van der Waals surface area contributed by atoms with Crippen molar-refractivity contribution in [3.8, 4) is 0 Å². The Morgan fingerprint density at radius 2 is 1.58 bits per heavy atom. The van der Waals surface area contributed by atoms with Gasteiger partial charge in [-0.25, -0.2) is 0 Å². The van der Waals surface area contributed by atoms with Crippen molar-refractivity contribution in [3.05, 3.63) is 35.4 Å². The van der Waals surface area contributed by atoms with Gasteiger partial charge in [-0.3, -0.25) is 4.79 Å². The van der Waals surface area contributed by atoms with Crippen molar-refractivity contribution >= 4 is 21.8 Å². The maximum Gasteiger partial charge on any atom is 0.253 e. The van der Waals surface area contributed by atoms with Gasteiger partial charge in [-0.15, -0.1) is 0 Å². The summed E-state index contributed by atoms with van der Waals surface area (Å²) in [6, 6.07) is 8.00. The Balaban J connectivity index is 1.69. The van der Waals surface area contributed by atoms with E-state index in [1.54, 1.807) is 0 Å². The van der Waals surface area contributed by atoms with E-state index in [0.717, 1.165) is 35.8 Å². The maximum absolute atomic E-state index is 12.6. The van der Waals surface area contributed by atoms with Crippen LogP contribution in [0.25, 0.3) is 0 Å². The van der Waals surface area contributed by atoms with Gasteiger partial charge in [0.05, 0.1) is 0 Å². The second kappa shape index (κ2) is 5.66. The zero-order valence-electron chi connectivity index (χ0n) is 11.1. The summed E-state index contributed by atoms with van der Waals surface area (Å²) in [5.74, 6) is 1.76. The SMILES string of the molecule is O=C(c1ccc(CBr)cc1)N(CC1CC1)CC1CC1. The van der Waals surface area contributed by atoms with Gasteiger partial charge in [-0.05, 0) is 55.2 Å².